The molecule has 1 heterocycles. The molecule has 6 heteroatoms. The SMILES string of the molecule is CCOC(=O)Nc1nncs1. The highest BCUT2D eigenvalue weighted by Gasteiger charge is 2.02. The van der Waals surface area contributed by atoms with E-state index >= 15 is 0 Å². The third kappa shape index (κ3) is 2.50. The second-order valence-corrected chi connectivity index (χ2v) is 2.42. The second-order valence-electron chi connectivity index (χ2n) is 1.59. The van der Waals surface area contributed by atoms with Gasteiger partial charge in [0.05, 0.1) is 6.61 Å². The molecule has 0 saturated carbocycles. The summed E-state index contributed by atoms with van der Waals surface area (Å²) in [6.45, 7) is 2.09. The lowest BCUT2D eigenvalue weighted by Gasteiger charge is -1.98. The summed E-state index contributed by atoms with van der Waals surface area (Å²) in [6.07, 6.45) is -0.496. The number of carbonyl (C=O) groups is 1. The quantitative estimate of drug-likeness (QED) is 0.727. The van der Waals surface area contributed by atoms with Gasteiger partial charge in [-0.05, 0) is 6.92 Å². The van der Waals surface area contributed by atoms with Gasteiger partial charge >= 0.3 is 6.09 Å². The van der Waals surface area contributed by atoms with Gasteiger partial charge in [0.25, 0.3) is 0 Å². The number of amides is 1. The monoisotopic (exact) mass is 173 g/mol. The third-order valence-electron chi connectivity index (χ3n) is 0.844. The molecule has 0 unspecified atom stereocenters. The number of nitrogens with zero attached hydrogens (tertiary/aromatic N) is 2. The zero-order chi connectivity index (χ0) is 8.10. The van der Waals surface area contributed by atoms with Crippen LogP contribution in [0.3, 0.4) is 0 Å². The molecule has 1 N–H and O–H groups in total. The van der Waals surface area contributed by atoms with Gasteiger partial charge in [-0.15, -0.1) is 10.2 Å². The predicted molar refractivity (Wildman–Crippen MR) is 40.6 cm³/mol. The van der Waals surface area contributed by atoms with Crippen molar-refractivity contribution in [2.75, 3.05) is 11.9 Å². The van der Waals surface area contributed by atoms with Crippen LogP contribution in [0, 0.1) is 0 Å². The number of ether oxygens (including phenoxy) is 1. The smallest absolute Gasteiger partial charge is 0.413 e. The molecule has 1 rings (SSSR count). The van der Waals surface area contributed by atoms with E-state index in [-0.39, 0.29) is 0 Å². The Labute approximate surface area is 67.4 Å². The molecule has 0 aliphatic heterocycles. The van der Waals surface area contributed by atoms with Crippen molar-refractivity contribution >= 4 is 22.6 Å². The Kier molecular flexibility index (Phi) is 2.79. The molecule has 1 aromatic rings. The Morgan fingerprint density at radius 3 is 3.27 bits per heavy atom. The molecule has 0 aliphatic carbocycles. The van der Waals surface area contributed by atoms with Crippen LogP contribution in [0.2, 0.25) is 0 Å². The molecule has 0 radical (unpaired) electrons. The Bertz CT molecular complexity index is 224. The highest BCUT2D eigenvalue weighted by molar-refractivity contribution is 7.13. The highest BCUT2D eigenvalue weighted by Crippen LogP contribution is 2.07. The van der Waals surface area contributed by atoms with Crippen LogP contribution in [-0.2, 0) is 4.74 Å². The summed E-state index contributed by atoms with van der Waals surface area (Å²) in [4.78, 5) is 10.7. The average molecular weight is 173 g/mol. The van der Waals surface area contributed by atoms with Crippen LogP contribution in [-0.4, -0.2) is 22.9 Å². The fraction of sp³-hybridized carbons (Fsp3) is 0.400. The molecule has 60 valence electrons. The number of anilines is 1. The van der Waals surface area contributed by atoms with E-state index in [4.69, 9.17) is 0 Å². The van der Waals surface area contributed by atoms with Gasteiger partial charge in [-0.25, -0.2) is 4.79 Å². The van der Waals surface area contributed by atoms with E-state index in [9.17, 15) is 4.79 Å². The standard InChI is InChI=1S/C5H7N3O2S/c1-2-10-5(9)7-4-8-6-3-11-4/h3H,2H2,1H3,(H,7,8,9). The van der Waals surface area contributed by atoms with Crippen molar-refractivity contribution in [3.8, 4) is 0 Å². The van der Waals surface area contributed by atoms with Gasteiger partial charge < -0.3 is 4.74 Å². The molecule has 0 aromatic carbocycles. The molecule has 0 spiro atoms. The molecule has 0 saturated heterocycles. The minimum absolute atomic E-state index is 0.352. The summed E-state index contributed by atoms with van der Waals surface area (Å²) >= 11 is 1.24. The molecule has 1 aromatic heterocycles. The van der Waals surface area contributed by atoms with Crippen molar-refractivity contribution < 1.29 is 9.53 Å². The van der Waals surface area contributed by atoms with E-state index < -0.39 is 6.09 Å². The Morgan fingerprint density at radius 1 is 1.91 bits per heavy atom. The molecule has 0 fully saturated rings. The first-order valence-corrected chi connectivity index (χ1v) is 3.91. The van der Waals surface area contributed by atoms with Crippen LogP contribution in [0.15, 0.2) is 5.51 Å². The Balaban J connectivity index is 2.37. The summed E-state index contributed by atoms with van der Waals surface area (Å²) in [5, 5.41) is 9.98. The van der Waals surface area contributed by atoms with Gasteiger partial charge in [0, 0.05) is 0 Å². The van der Waals surface area contributed by atoms with Gasteiger partial charge in [-0.2, -0.15) is 0 Å². The molecule has 0 atom stereocenters. The Hall–Kier alpha value is -1.17. The molecule has 0 aliphatic rings. The van der Waals surface area contributed by atoms with Crippen LogP contribution in [0.4, 0.5) is 9.93 Å². The summed E-state index contributed by atoms with van der Waals surface area (Å²) in [5.41, 5.74) is 1.53. The van der Waals surface area contributed by atoms with Gasteiger partial charge in [0.2, 0.25) is 5.13 Å². The fourth-order valence-corrected chi connectivity index (χ4v) is 0.913. The zero-order valence-electron chi connectivity index (χ0n) is 5.90. The van der Waals surface area contributed by atoms with Crippen LogP contribution in [0.25, 0.3) is 0 Å². The Morgan fingerprint density at radius 2 is 2.73 bits per heavy atom. The minimum atomic E-state index is -0.496. The van der Waals surface area contributed by atoms with Crippen molar-refractivity contribution in [1.29, 1.82) is 0 Å². The van der Waals surface area contributed by atoms with Crippen molar-refractivity contribution in [2.45, 2.75) is 6.92 Å². The average Bonchev–Trinajstić information content (AvgIpc) is 2.40. The van der Waals surface area contributed by atoms with Gasteiger partial charge in [0.1, 0.15) is 5.51 Å². The topological polar surface area (TPSA) is 64.1 Å². The molecule has 0 bridgehead atoms. The van der Waals surface area contributed by atoms with E-state index in [1.165, 1.54) is 16.8 Å². The molecule has 11 heavy (non-hydrogen) atoms. The van der Waals surface area contributed by atoms with Gasteiger partial charge in [0.15, 0.2) is 0 Å². The van der Waals surface area contributed by atoms with E-state index in [1.807, 2.05) is 0 Å². The lowest BCUT2D eigenvalue weighted by Crippen LogP contribution is -2.12. The summed E-state index contributed by atoms with van der Waals surface area (Å²) in [5.74, 6) is 0. The lowest BCUT2D eigenvalue weighted by atomic mass is 10.9. The molecular formula is C5H7N3O2S. The first-order valence-electron chi connectivity index (χ1n) is 3.03. The van der Waals surface area contributed by atoms with Crippen molar-refractivity contribution in [3.05, 3.63) is 5.51 Å². The number of hydrogen-bond acceptors (Lipinski definition) is 5. The number of aromatic nitrogens is 2. The van der Waals surface area contributed by atoms with E-state index in [0.29, 0.717) is 11.7 Å². The summed E-state index contributed by atoms with van der Waals surface area (Å²) in [7, 11) is 0. The molecule has 1 amide bonds. The third-order valence-corrected chi connectivity index (χ3v) is 1.45. The van der Waals surface area contributed by atoms with Crippen molar-refractivity contribution in [1.82, 2.24) is 10.2 Å². The van der Waals surface area contributed by atoms with Crippen LogP contribution in [0.1, 0.15) is 6.92 Å². The second kappa shape index (κ2) is 3.87. The lowest BCUT2D eigenvalue weighted by molar-refractivity contribution is 0.168. The fourth-order valence-electron chi connectivity index (χ4n) is 0.482. The van der Waals surface area contributed by atoms with E-state index in [2.05, 4.69) is 20.3 Å². The van der Waals surface area contributed by atoms with Crippen molar-refractivity contribution in [2.24, 2.45) is 0 Å². The predicted octanol–water partition coefficient (Wildman–Crippen LogP) is 1.11. The highest BCUT2D eigenvalue weighted by atomic mass is 32.1. The molecular weight excluding hydrogens is 166 g/mol. The van der Waals surface area contributed by atoms with Crippen LogP contribution >= 0.6 is 11.3 Å². The maximum atomic E-state index is 10.7. The van der Waals surface area contributed by atoms with Gasteiger partial charge in [-0.1, -0.05) is 11.3 Å². The molecule has 5 nitrogen and oxygen atoms in total. The van der Waals surface area contributed by atoms with Crippen LogP contribution < -0.4 is 5.32 Å². The maximum absolute atomic E-state index is 10.7. The normalized spacial score (nSPS) is 9.18. The first kappa shape index (κ1) is 7.93. The minimum Gasteiger partial charge on any atom is -0.450 e. The number of hydrogen-bond donors (Lipinski definition) is 1. The van der Waals surface area contributed by atoms with Gasteiger partial charge in [-0.3, -0.25) is 5.32 Å². The van der Waals surface area contributed by atoms with E-state index in [0.717, 1.165) is 0 Å². The number of rotatable bonds is 2. The first-order chi connectivity index (χ1) is 5.33. The van der Waals surface area contributed by atoms with Crippen molar-refractivity contribution in [3.63, 3.8) is 0 Å². The number of nitrogens with one attached hydrogen (secondary N) is 1. The maximum Gasteiger partial charge on any atom is 0.413 e. The van der Waals surface area contributed by atoms with E-state index in [1.54, 1.807) is 6.92 Å². The van der Waals surface area contributed by atoms with Crippen LogP contribution in [0.5, 0.6) is 0 Å². The summed E-state index contributed by atoms with van der Waals surface area (Å²) in [6, 6.07) is 0. The zero-order valence-corrected chi connectivity index (χ0v) is 6.72. The number of carbonyl (C=O) groups excluding carboxylic acids is 1. The largest absolute Gasteiger partial charge is 0.450 e. The summed E-state index contributed by atoms with van der Waals surface area (Å²) < 4.78 is 4.60.